The lowest BCUT2D eigenvalue weighted by Crippen LogP contribution is -2.37. The highest BCUT2D eigenvalue weighted by molar-refractivity contribution is 5.91. The number of carbonyl (C=O) groups excluding carboxylic acids is 2. The van der Waals surface area contributed by atoms with Gasteiger partial charge in [0.05, 0.1) is 17.8 Å². The number of carbonyl (C=O) groups is 2. The van der Waals surface area contributed by atoms with E-state index in [0.717, 1.165) is 0 Å². The Morgan fingerprint density at radius 2 is 2.14 bits per heavy atom. The summed E-state index contributed by atoms with van der Waals surface area (Å²) in [5, 5.41) is 13.6. The molecule has 1 aliphatic rings. The van der Waals surface area contributed by atoms with E-state index in [2.05, 4.69) is 5.32 Å². The van der Waals surface area contributed by atoms with Gasteiger partial charge >= 0.3 is 5.97 Å². The summed E-state index contributed by atoms with van der Waals surface area (Å²) in [7, 11) is 0. The molecular weight excluding hydrogens is 274 g/mol. The van der Waals surface area contributed by atoms with Crippen molar-refractivity contribution in [1.82, 2.24) is 0 Å². The van der Waals surface area contributed by atoms with Gasteiger partial charge in [0.2, 0.25) is 0 Å². The normalized spacial score (nSPS) is 17.2. The minimum absolute atomic E-state index is 0.180. The lowest BCUT2D eigenvalue weighted by molar-refractivity contribution is -0.307. The summed E-state index contributed by atoms with van der Waals surface area (Å²) >= 11 is 0. The molecule has 0 amide bonds. The Balaban J connectivity index is 2.11. The Hall–Kier alpha value is -2.24. The molecule has 0 saturated carbocycles. The highest BCUT2D eigenvalue weighted by Crippen LogP contribution is 2.31. The van der Waals surface area contributed by atoms with E-state index >= 15 is 0 Å². The molecule has 0 aliphatic carbocycles. The number of anilines is 1. The molecule has 0 bridgehead atoms. The fourth-order valence-electron chi connectivity index (χ4n) is 1.98. The van der Waals surface area contributed by atoms with E-state index in [-0.39, 0.29) is 6.42 Å². The van der Waals surface area contributed by atoms with Crippen LogP contribution in [0.5, 0.6) is 5.75 Å². The SMILES string of the molecule is CC(C)(C)OC(=O)c1ccc2c(c1)NCC(CC(=O)[O-])O2. The van der Waals surface area contributed by atoms with Gasteiger partial charge in [-0.05, 0) is 39.0 Å². The van der Waals surface area contributed by atoms with Crippen LogP contribution in [0.1, 0.15) is 37.6 Å². The van der Waals surface area contributed by atoms with E-state index < -0.39 is 23.6 Å². The van der Waals surface area contributed by atoms with Crippen molar-refractivity contribution in [3.8, 4) is 5.75 Å². The van der Waals surface area contributed by atoms with Gasteiger partial charge in [-0.3, -0.25) is 0 Å². The number of carboxylic acids is 1. The fourth-order valence-corrected chi connectivity index (χ4v) is 1.98. The minimum Gasteiger partial charge on any atom is -0.550 e. The number of fused-ring (bicyclic) bond motifs is 1. The van der Waals surface area contributed by atoms with E-state index in [0.29, 0.717) is 23.5 Å². The number of hydrogen-bond acceptors (Lipinski definition) is 6. The van der Waals surface area contributed by atoms with Gasteiger partial charge in [0.25, 0.3) is 0 Å². The Labute approximate surface area is 123 Å². The molecule has 114 valence electrons. The molecule has 1 aromatic rings. The quantitative estimate of drug-likeness (QED) is 0.835. The Morgan fingerprint density at radius 3 is 2.76 bits per heavy atom. The largest absolute Gasteiger partial charge is 0.550 e. The number of hydrogen-bond donors (Lipinski definition) is 1. The molecule has 0 aromatic heterocycles. The summed E-state index contributed by atoms with van der Waals surface area (Å²) in [6.07, 6.45) is -0.657. The van der Waals surface area contributed by atoms with Gasteiger partial charge in [0.1, 0.15) is 17.5 Å². The first-order valence-electron chi connectivity index (χ1n) is 6.72. The van der Waals surface area contributed by atoms with Crippen LogP contribution >= 0.6 is 0 Å². The molecule has 21 heavy (non-hydrogen) atoms. The standard InChI is InChI=1S/C15H19NO5/c1-15(2,3)21-14(19)9-4-5-12-11(6-9)16-8-10(20-12)7-13(17)18/h4-6,10,16H,7-8H2,1-3H3,(H,17,18)/p-1. The maximum atomic E-state index is 12.0. The van der Waals surface area contributed by atoms with Gasteiger partial charge in [-0.2, -0.15) is 0 Å². The number of aliphatic carboxylic acids is 1. The van der Waals surface area contributed by atoms with Crippen molar-refractivity contribution in [2.24, 2.45) is 0 Å². The van der Waals surface area contributed by atoms with Gasteiger partial charge in [0, 0.05) is 12.4 Å². The number of benzene rings is 1. The van der Waals surface area contributed by atoms with Crippen LogP contribution < -0.4 is 15.2 Å². The van der Waals surface area contributed by atoms with Crippen molar-refractivity contribution in [3.63, 3.8) is 0 Å². The second-order valence-electron chi connectivity index (χ2n) is 5.91. The van der Waals surface area contributed by atoms with Crippen LogP contribution in [0.3, 0.4) is 0 Å². The molecular formula is C15H18NO5-. The molecule has 0 spiro atoms. The van der Waals surface area contributed by atoms with Crippen LogP contribution in [0.15, 0.2) is 18.2 Å². The second-order valence-corrected chi connectivity index (χ2v) is 5.91. The topological polar surface area (TPSA) is 87.7 Å². The van der Waals surface area contributed by atoms with Crippen LogP contribution in [0.2, 0.25) is 0 Å². The van der Waals surface area contributed by atoms with Gasteiger partial charge in [-0.15, -0.1) is 0 Å². The van der Waals surface area contributed by atoms with Crippen molar-refractivity contribution < 1.29 is 24.2 Å². The van der Waals surface area contributed by atoms with Crippen LogP contribution in [-0.2, 0) is 9.53 Å². The molecule has 1 unspecified atom stereocenters. The maximum absolute atomic E-state index is 12.0. The molecule has 6 nitrogen and oxygen atoms in total. The van der Waals surface area contributed by atoms with Crippen LogP contribution in [0, 0.1) is 0 Å². The molecule has 0 saturated heterocycles. The summed E-state index contributed by atoms with van der Waals surface area (Å²) < 4.78 is 10.8. The number of carboxylic acid groups (broad SMARTS) is 1. The zero-order valence-electron chi connectivity index (χ0n) is 12.3. The number of rotatable bonds is 3. The predicted octanol–water partition coefficient (Wildman–Crippen LogP) is 0.955. The van der Waals surface area contributed by atoms with Gasteiger partial charge < -0.3 is 24.7 Å². The average molecular weight is 292 g/mol. The van der Waals surface area contributed by atoms with Crippen molar-refractivity contribution in [2.45, 2.75) is 38.9 Å². The van der Waals surface area contributed by atoms with E-state index in [1.54, 1.807) is 39.0 Å². The third kappa shape index (κ3) is 4.11. The van der Waals surface area contributed by atoms with E-state index in [9.17, 15) is 14.7 Å². The molecule has 1 aromatic carbocycles. The van der Waals surface area contributed by atoms with Crippen LogP contribution in [0.25, 0.3) is 0 Å². The summed E-state index contributed by atoms with van der Waals surface area (Å²) in [6.45, 7) is 5.75. The summed E-state index contributed by atoms with van der Waals surface area (Å²) in [5.41, 5.74) is 0.502. The summed E-state index contributed by atoms with van der Waals surface area (Å²) in [6, 6.07) is 4.86. The monoisotopic (exact) mass is 292 g/mol. The van der Waals surface area contributed by atoms with Gasteiger partial charge in [-0.1, -0.05) is 0 Å². The first-order chi connectivity index (χ1) is 9.74. The van der Waals surface area contributed by atoms with Crippen molar-refractivity contribution in [2.75, 3.05) is 11.9 Å². The first-order valence-corrected chi connectivity index (χ1v) is 6.72. The zero-order valence-corrected chi connectivity index (χ0v) is 12.3. The van der Waals surface area contributed by atoms with Crippen LogP contribution in [0.4, 0.5) is 5.69 Å². The first kappa shape index (κ1) is 15.2. The molecule has 0 radical (unpaired) electrons. The fraction of sp³-hybridized carbons (Fsp3) is 0.467. The summed E-state index contributed by atoms with van der Waals surface area (Å²) in [5.74, 6) is -1.06. The van der Waals surface area contributed by atoms with Crippen molar-refractivity contribution >= 4 is 17.6 Å². The zero-order chi connectivity index (χ0) is 15.6. The number of nitrogens with one attached hydrogen (secondary N) is 1. The van der Waals surface area contributed by atoms with E-state index in [4.69, 9.17) is 9.47 Å². The molecule has 1 heterocycles. The Bertz CT molecular complexity index is 562. The van der Waals surface area contributed by atoms with Crippen molar-refractivity contribution in [3.05, 3.63) is 23.8 Å². The molecule has 0 fully saturated rings. The van der Waals surface area contributed by atoms with E-state index in [1.165, 1.54) is 0 Å². The van der Waals surface area contributed by atoms with Crippen molar-refractivity contribution in [1.29, 1.82) is 0 Å². The maximum Gasteiger partial charge on any atom is 0.338 e. The molecule has 1 N–H and O–H groups in total. The van der Waals surface area contributed by atoms with Gasteiger partial charge in [-0.25, -0.2) is 4.79 Å². The van der Waals surface area contributed by atoms with Crippen LogP contribution in [-0.4, -0.2) is 30.2 Å². The number of esters is 1. The lowest BCUT2D eigenvalue weighted by atomic mass is 10.1. The molecule has 6 heteroatoms. The summed E-state index contributed by atoms with van der Waals surface area (Å²) in [4.78, 5) is 22.6. The second kappa shape index (κ2) is 5.63. The number of ether oxygens (including phenoxy) is 2. The highest BCUT2D eigenvalue weighted by Gasteiger charge is 2.22. The highest BCUT2D eigenvalue weighted by atomic mass is 16.6. The van der Waals surface area contributed by atoms with E-state index in [1.807, 2.05) is 0 Å². The smallest absolute Gasteiger partial charge is 0.338 e. The Kier molecular flexibility index (Phi) is 4.06. The average Bonchev–Trinajstić information content (AvgIpc) is 2.35. The minimum atomic E-state index is -1.16. The Morgan fingerprint density at radius 1 is 1.43 bits per heavy atom. The third-order valence-electron chi connectivity index (χ3n) is 2.82. The molecule has 1 aliphatic heterocycles. The molecule has 1 atom stereocenters. The molecule has 2 rings (SSSR count). The van der Waals surface area contributed by atoms with Gasteiger partial charge in [0.15, 0.2) is 0 Å². The lowest BCUT2D eigenvalue weighted by Gasteiger charge is -2.28. The predicted molar refractivity (Wildman–Crippen MR) is 74.1 cm³/mol. The third-order valence-corrected chi connectivity index (χ3v) is 2.82.